The highest BCUT2D eigenvalue weighted by molar-refractivity contribution is 6.25. The van der Waals surface area contributed by atoms with Crippen LogP contribution in [-0.4, -0.2) is 0 Å². The zero-order chi connectivity index (χ0) is 49.9. The van der Waals surface area contributed by atoms with Crippen molar-refractivity contribution in [3.63, 3.8) is 0 Å². The molecule has 352 valence electrons. The molecule has 0 bridgehead atoms. The van der Waals surface area contributed by atoms with E-state index in [0.29, 0.717) is 0 Å². The maximum atomic E-state index is 2.40. The predicted octanol–water partition coefficient (Wildman–Crippen LogP) is 20.8. The van der Waals surface area contributed by atoms with Crippen LogP contribution in [0.1, 0.15) is 0 Å². The third kappa shape index (κ3) is 8.67. The smallest absolute Gasteiger partial charge is 0.0468 e. The number of hydrogen-bond acceptors (Lipinski definition) is 1. The van der Waals surface area contributed by atoms with E-state index in [1.807, 2.05) is 0 Å². The van der Waals surface area contributed by atoms with Gasteiger partial charge in [0.05, 0.1) is 0 Å². The van der Waals surface area contributed by atoms with E-state index in [9.17, 15) is 0 Å². The first-order valence-electron chi connectivity index (χ1n) is 25.8. The van der Waals surface area contributed by atoms with Crippen molar-refractivity contribution in [3.8, 4) is 89.0 Å². The van der Waals surface area contributed by atoms with Gasteiger partial charge in [0.15, 0.2) is 0 Å². The van der Waals surface area contributed by atoms with Crippen LogP contribution in [0, 0.1) is 0 Å². The van der Waals surface area contributed by atoms with Crippen molar-refractivity contribution >= 4 is 38.6 Å². The van der Waals surface area contributed by atoms with Crippen LogP contribution in [0.2, 0.25) is 0 Å². The van der Waals surface area contributed by atoms with E-state index < -0.39 is 0 Å². The molecule has 75 heavy (non-hydrogen) atoms. The Morgan fingerprint density at radius 3 is 1.05 bits per heavy atom. The SMILES string of the molecule is c1ccc(-c2ccc(-c3ccc(N(c4ccc(-c5cccc6c5c(-c5ccccc5)c(-c5ccccc5)c5ccccc56)cc4)c4ccc(-c5ccccc5)c(-c5ccccc5)c4)cc3)cc2-c2ccccc2)cc1. The fourth-order valence-electron chi connectivity index (χ4n) is 11.2. The molecule has 0 saturated carbocycles. The summed E-state index contributed by atoms with van der Waals surface area (Å²) in [6, 6.07) is 113. The van der Waals surface area contributed by atoms with Gasteiger partial charge in [0.1, 0.15) is 0 Å². The van der Waals surface area contributed by atoms with Crippen LogP contribution in [0.25, 0.3) is 111 Å². The first kappa shape index (κ1) is 45.1. The van der Waals surface area contributed by atoms with E-state index in [2.05, 4.69) is 314 Å². The minimum Gasteiger partial charge on any atom is -0.310 e. The van der Waals surface area contributed by atoms with E-state index in [4.69, 9.17) is 0 Å². The largest absolute Gasteiger partial charge is 0.310 e. The molecule has 0 spiro atoms. The Labute approximate surface area is 439 Å². The van der Waals surface area contributed by atoms with Crippen molar-refractivity contribution in [2.45, 2.75) is 0 Å². The monoisotopic (exact) mass is 953 g/mol. The van der Waals surface area contributed by atoms with E-state index >= 15 is 0 Å². The van der Waals surface area contributed by atoms with Crippen LogP contribution in [-0.2, 0) is 0 Å². The molecule has 0 amide bonds. The zero-order valence-corrected chi connectivity index (χ0v) is 41.4. The molecular formula is C74H51N. The third-order valence-corrected chi connectivity index (χ3v) is 14.7. The van der Waals surface area contributed by atoms with Gasteiger partial charge in [0.25, 0.3) is 0 Å². The maximum Gasteiger partial charge on any atom is 0.0468 e. The summed E-state index contributed by atoms with van der Waals surface area (Å²) in [6.45, 7) is 0. The molecule has 0 N–H and O–H groups in total. The van der Waals surface area contributed by atoms with Gasteiger partial charge in [0, 0.05) is 17.1 Å². The lowest BCUT2D eigenvalue weighted by atomic mass is 9.82. The Morgan fingerprint density at radius 1 is 0.173 bits per heavy atom. The quantitative estimate of drug-likeness (QED) is 0.117. The Bertz CT molecular complexity index is 4100. The highest BCUT2D eigenvalue weighted by Crippen LogP contribution is 2.49. The van der Waals surface area contributed by atoms with Crippen LogP contribution in [0.3, 0.4) is 0 Å². The topological polar surface area (TPSA) is 3.24 Å². The van der Waals surface area contributed by atoms with Gasteiger partial charge in [-0.3, -0.25) is 0 Å². The fourth-order valence-corrected chi connectivity index (χ4v) is 11.2. The Morgan fingerprint density at radius 2 is 0.533 bits per heavy atom. The van der Waals surface area contributed by atoms with E-state index in [1.54, 1.807) is 0 Å². The normalized spacial score (nSPS) is 11.2. The predicted molar refractivity (Wildman–Crippen MR) is 320 cm³/mol. The molecule has 0 radical (unpaired) electrons. The second kappa shape index (κ2) is 20.0. The van der Waals surface area contributed by atoms with Crippen molar-refractivity contribution in [1.29, 1.82) is 0 Å². The van der Waals surface area contributed by atoms with Crippen molar-refractivity contribution < 1.29 is 0 Å². The average molecular weight is 954 g/mol. The molecule has 13 rings (SSSR count). The second-order valence-electron chi connectivity index (χ2n) is 19.1. The number of benzene rings is 13. The summed E-state index contributed by atoms with van der Waals surface area (Å²) in [5.74, 6) is 0. The molecule has 1 heteroatoms. The molecular weight excluding hydrogens is 903 g/mol. The van der Waals surface area contributed by atoms with E-state index in [-0.39, 0.29) is 0 Å². The van der Waals surface area contributed by atoms with Crippen molar-refractivity contribution in [1.82, 2.24) is 0 Å². The molecule has 13 aromatic carbocycles. The molecule has 0 aliphatic rings. The summed E-state index contributed by atoms with van der Waals surface area (Å²) in [5, 5.41) is 4.98. The molecule has 0 atom stereocenters. The van der Waals surface area contributed by atoms with Gasteiger partial charge in [-0.05, 0) is 153 Å². The maximum absolute atomic E-state index is 2.40. The average Bonchev–Trinajstić information content (AvgIpc) is 3.50. The summed E-state index contributed by atoms with van der Waals surface area (Å²) < 4.78 is 0. The molecule has 0 saturated heterocycles. The van der Waals surface area contributed by atoms with Gasteiger partial charge < -0.3 is 4.90 Å². The van der Waals surface area contributed by atoms with Gasteiger partial charge in [-0.25, -0.2) is 0 Å². The van der Waals surface area contributed by atoms with Gasteiger partial charge in [-0.1, -0.05) is 267 Å². The third-order valence-electron chi connectivity index (χ3n) is 14.7. The highest BCUT2D eigenvalue weighted by Gasteiger charge is 2.22. The fraction of sp³-hybridized carbons (Fsp3) is 0. The highest BCUT2D eigenvalue weighted by atomic mass is 15.1. The molecule has 13 aromatic rings. The summed E-state index contributed by atoms with van der Waals surface area (Å²) >= 11 is 0. The Hall–Kier alpha value is -9.82. The minimum atomic E-state index is 1.07. The molecule has 0 aliphatic carbocycles. The molecule has 0 fully saturated rings. The first-order valence-corrected chi connectivity index (χ1v) is 25.8. The minimum absolute atomic E-state index is 1.07. The lowest BCUT2D eigenvalue weighted by Crippen LogP contribution is -2.10. The van der Waals surface area contributed by atoms with Gasteiger partial charge in [-0.15, -0.1) is 0 Å². The summed E-state index contributed by atoms with van der Waals surface area (Å²) in [6.07, 6.45) is 0. The molecule has 0 aromatic heterocycles. The standard InChI is InChI=1S/C74H51N/c1-7-22-53(23-8-1)64-48-42-60(50-70(64)55-26-11-3-12-27-55)52-38-43-61(44-39-52)75(63-47-49-65(54-24-9-2-10-25-54)71(51-63)56-28-13-4-14-29-56)62-45-40-57(41-46-62)66-36-21-37-69-67-34-19-20-35-68(67)72(58-30-15-5-16-31-58)73(74(66)69)59-32-17-6-18-33-59/h1-51H. The van der Waals surface area contributed by atoms with E-state index in [1.165, 1.54) is 99.4 Å². The Kier molecular flexibility index (Phi) is 12.0. The van der Waals surface area contributed by atoms with Crippen LogP contribution in [0.4, 0.5) is 17.1 Å². The van der Waals surface area contributed by atoms with Crippen LogP contribution in [0.5, 0.6) is 0 Å². The van der Waals surface area contributed by atoms with Crippen molar-refractivity contribution in [2.75, 3.05) is 4.90 Å². The van der Waals surface area contributed by atoms with Crippen LogP contribution < -0.4 is 4.90 Å². The lowest BCUT2D eigenvalue weighted by Gasteiger charge is -2.27. The lowest BCUT2D eigenvalue weighted by molar-refractivity contribution is 1.28. The van der Waals surface area contributed by atoms with Crippen molar-refractivity contribution in [3.05, 3.63) is 309 Å². The molecule has 0 heterocycles. The van der Waals surface area contributed by atoms with Gasteiger partial charge in [0.2, 0.25) is 0 Å². The summed E-state index contributed by atoms with van der Waals surface area (Å²) in [4.78, 5) is 2.40. The van der Waals surface area contributed by atoms with Crippen molar-refractivity contribution in [2.24, 2.45) is 0 Å². The number of hydrogen-bond donors (Lipinski definition) is 0. The Balaban J connectivity index is 0.972. The number of anilines is 3. The molecule has 0 aliphatic heterocycles. The second-order valence-corrected chi connectivity index (χ2v) is 19.1. The van der Waals surface area contributed by atoms with E-state index in [0.717, 1.165) is 28.2 Å². The van der Waals surface area contributed by atoms with Crippen LogP contribution in [0.15, 0.2) is 309 Å². The van der Waals surface area contributed by atoms with Gasteiger partial charge >= 0.3 is 0 Å². The van der Waals surface area contributed by atoms with Crippen LogP contribution >= 0.6 is 0 Å². The zero-order valence-electron chi connectivity index (χ0n) is 41.4. The summed E-state index contributed by atoms with van der Waals surface area (Å²) in [7, 11) is 0. The molecule has 0 unspecified atom stereocenters. The first-order chi connectivity index (χ1) is 37.2. The number of fused-ring (bicyclic) bond motifs is 3. The molecule has 1 nitrogen and oxygen atoms in total. The summed E-state index contributed by atoms with van der Waals surface area (Å²) in [5.41, 5.74) is 22.3. The number of rotatable bonds is 11. The van der Waals surface area contributed by atoms with Gasteiger partial charge in [-0.2, -0.15) is 0 Å². The number of nitrogens with zero attached hydrogens (tertiary/aromatic N) is 1.